The summed E-state index contributed by atoms with van der Waals surface area (Å²) in [5.74, 6) is 0.0283. The van der Waals surface area contributed by atoms with Gasteiger partial charge in [-0.15, -0.1) is 5.10 Å². The first-order valence-corrected chi connectivity index (χ1v) is 8.31. The van der Waals surface area contributed by atoms with Crippen LogP contribution in [-0.2, 0) is 13.1 Å². The Kier molecular flexibility index (Phi) is 4.38. The maximum atomic E-state index is 12.4. The van der Waals surface area contributed by atoms with Crippen LogP contribution < -0.4 is 0 Å². The van der Waals surface area contributed by atoms with Crippen LogP contribution in [0.15, 0.2) is 79.5 Å². The van der Waals surface area contributed by atoms with Crippen LogP contribution in [0.1, 0.15) is 27.2 Å². The van der Waals surface area contributed by atoms with E-state index >= 15 is 0 Å². The summed E-state index contributed by atoms with van der Waals surface area (Å²) in [5, 5.41) is 8.35. The van der Waals surface area contributed by atoms with Gasteiger partial charge in [0.15, 0.2) is 5.78 Å². The molecule has 26 heavy (non-hydrogen) atoms. The number of hydrogen-bond donors (Lipinski definition) is 0. The molecule has 0 amide bonds. The first kappa shape index (κ1) is 16.0. The smallest absolute Gasteiger partial charge is 0.193 e. The Morgan fingerprint density at radius 1 is 0.923 bits per heavy atom. The lowest BCUT2D eigenvalue weighted by Crippen LogP contribution is -2.03. The molecule has 6 nitrogen and oxygen atoms in total. The second-order valence-electron chi connectivity index (χ2n) is 6.03. The minimum absolute atomic E-state index is 0.0283. The lowest BCUT2D eigenvalue weighted by atomic mass is 10.0. The van der Waals surface area contributed by atoms with E-state index in [2.05, 4.69) is 15.3 Å². The quantitative estimate of drug-likeness (QED) is 0.505. The summed E-state index contributed by atoms with van der Waals surface area (Å²) >= 11 is 0. The molecule has 0 radical (unpaired) electrons. The van der Waals surface area contributed by atoms with Gasteiger partial charge in [0.2, 0.25) is 0 Å². The third-order valence-corrected chi connectivity index (χ3v) is 4.09. The average molecular weight is 343 g/mol. The van der Waals surface area contributed by atoms with Crippen LogP contribution in [0.5, 0.6) is 0 Å². The fourth-order valence-electron chi connectivity index (χ4n) is 2.76. The molecule has 0 bridgehead atoms. The predicted molar refractivity (Wildman–Crippen MR) is 96.8 cm³/mol. The normalized spacial score (nSPS) is 10.8. The van der Waals surface area contributed by atoms with Crippen LogP contribution in [0.25, 0.3) is 0 Å². The van der Waals surface area contributed by atoms with E-state index in [1.807, 2.05) is 71.6 Å². The standard InChI is InChI=1S/C20H17N5O/c26-20(17-4-2-1-3-5-17)18-8-6-16(7-9-18)12-25-14-19(22-23-25)13-24-11-10-21-15-24/h1-11,14-15H,12-13H2. The topological polar surface area (TPSA) is 65.6 Å². The number of benzene rings is 2. The average Bonchev–Trinajstić information content (AvgIpc) is 3.35. The van der Waals surface area contributed by atoms with Gasteiger partial charge >= 0.3 is 0 Å². The summed E-state index contributed by atoms with van der Waals surface area (Å²) in [6.45, 7) is 1.25. The summed E-state index contributed by atoms with van der Waals surface area (Å²) in [7, 11) is 0. The number of carbonyl (C=O) groups excluding carboxylic acids is 1. The Morgan fingerprint density at radius 3 is 2.42 bits per heavy atom. The number of hydrogen-bond acceptors (Lipinski definition) is 4. The summed E-state index contributed by atoms with van der Waals surface area (Å²) < 4.78 is 3.73. The molecule has 0 atom stereocenters. The summed E-state index contributed by atoms with van der Waals surface area (Å²) in [6, 6.07) is 16.9. The van der Waals surface area contributed by atoms with Crippen molar-refractivity contribution < 1.29 is 4.79 Å². The molecular weight excluding hydrogens is 326 g/mol. The Balaban J connectivity index is 1.43. The molecule has 0 aliphatic carbocycles. The highest BCUT2D eigenvalue weighted by molar-refractivity contribution is 6.08. The molecule has 0 aliphatic rings. The summed E-state index contributed by atoms with van der Waals surface area (Å²) in [5.41, 5.74) is 3.31. The van der Waals surface area contributed by atoms with Crippen LogP contribution in [0, 0.1) is 0 Å². The van der Waals surface area contributed by atoms with Gasteiger partial charge in [-0.2, -0.15) is 0 Å². The largest absolute Gasteiger partial charge is 0.331 e. The molecule has 2 aromatic carbocycles. The zero-order valence-electron chi connectivity index (χ0n) is 14.1. The molecule has 4 aromatic rings. The van der Waals surface area contributed by atoms with Gasteiger partial charge in [-0.05, 0) is 5.56 Å². The molecule has 0 aliphatic heterocycles. The molecular formula is C20H17N5O. The van der Waals surface area contributed by atoms with Crippen LogP contribution in [0.3, 0.4) is 0 Å². The van der Waals surface area contributed by atoms with E-state index in [9.17, 15) is 4.79 Å². The Morgan fingerprint density at radius 2 is 1.69 bits per heavy atom. The molecule has 0 saturated carbocycles. The molecule has 128 valence electrons. The third-order valence-electron chi connectivity index (χ3n) is 4.09. The number of imidazole rings is 1. The fourth-order valence-corrected chi connectivity index (χ4v) is 2.76. The van der Waals surface area contributed by atoms with Crippen molar-refractivity contribution in [2.45, 2.75) is 13.1 Å². The van der Waals surface area contributed by atoms with Crippen molar-refractivity contribution in [2.75, 3.05) is 0 Å². The van der Waals surface area contributed by atoms with Gasteiger partial charge in [0.25, 0.3) is 0 Å². The van der Waals surface area contributed by atoms with E-state index in [1.165, 1.54) is 0 Å². The van der Waals surface area contributed by atoms with Gasteiger partial charge in [0.05, 0.1) is 25.6 Å². The van der Waals surface area contributed by atoms with Crippen molar-refractivity contribution in [2.24, 2.45) is 0 Å². The fraction of sp³-hybridized carbons (Fsp3) is 0.100. The number of rotatable bonds is 6. The second-order valence-corrected chi connectivity index (χ2v) is 6.03. The molecule has 4 rings (SSSR count). The minimum Gasteiger partial charge on any atom is -0.331 e. The maximum absolute atomic E-state index is 12.4. The van der Waals surface area contributed by atoms with Crippen molar-refractivity contribution in [3.05, 3.63) is 102 Å². The Labute approximate surface area is 150 Å². The van der Waals surface area contributed by atoms with E-state index in [0.717, 1.165) is 11.3 Å². The van der Waals surface area contributed by atoms with Gasteiger partial charge in [-0.25, -0.2) is 9.67 Å². The van der Waals surface area contributed by atoms with Crippen molar-refractivity contribution in [3.8, 4) is 0 Å². The number of carbonyl (C=O) groups is 1. The Hall–Kier alpha value is -3.54. The molecule has 0 saturated heterocycles. The van der Waals surface area contributed by atoms with E-state index < -0.39 is 0 Å². The molecule has 0 spiro atoms. The van der Waals surface area contributed by atoms with Crippen LogP contribution in [0.2, 0.25) is 0 Å². The van der Waals surface area contributed by atoms with E-state index in [4.69, 9.17) is 0 Å². The van der Waals surface area contributed by atoms with E-state index in [1.54, 1.807) is 17.2 Å². The molecule has 2 heterocycles. The molecule has 0 unspecified atom stereocenters. The lowest BCUT2D eigenvalue weighted by Gasteiger charge is -2.04. The SMILES string of the molecule is O=C(c1ccccc1)c1ccc(Cn2cc(Cn3ccnc3)nn2)cc1. The Bertz CT molecular complexity index is 988. The molecule has 2 aromatic heterocycles. The third kappa shape index (κ3) is 3.59. The number of nitrogens with zero attached hydrogens (tertiary/aromatic N) is 5. The van der Waals surface area contributed by atoms with Crippen molar-refractivity contribution in [1.82, 2.24) is 24.5 Å². The highest BCUT2D eigenvalue weighted by Gasteiger charge is 2.08. The van der Waals surface area contributed by atoms with Gasteiger partial charge in [0, 0.05) is 23.5 Å². The highest BCUT2D eigenvalue weighted by Crippen LogP contribution is 2.12. The minimum atomic E-state index is 0.0283. The van der Waals surface area contributed by atoms with Crippen LogP contribution >= 0.6 is 0 Å². The monoisotopic (exact) mass is 343 g/mol. The van der Waals surface area contributed by atoms with Gasteiger partial charge in [0.1, 0.15) is 5.69 Å². The lowest BCUT2D eigenvalue weighted by molar-refractivity contribution is 0.103. The van der Waals surface area contributed by atoms with E-state index in [-0.39, 0.29) is 5.78 Å². The molecule has 6 heteroatoms. The highest BCUT2D eigenvalue weighted by atomic mass is 16.1. The van der Waals surface area contributed by atoms with Gasteiger partial charge in [-0.1, -0.05) is 59.8 Å². The van der Waals surface area contributed by atoms with Gasteiger partial charge in [-0.3, -0.25) is 4.79 Å². The van der Waals surface area contributed by atoms with Crippen LogP contribution in [-0.4, -0.2) is 30.3 Å². The zero-order valence-corrected chi connectivity index (χ0v) is 14.1. The zero-order chi connectivity index (χ0) is 17.8. The van der Waals surface area contributed by atoms with Crippen molar-refractivity contribution in [1.29, 1.82) is 0 Å². The maximum Gasteiger partial charge on any atom is 0.193 e. The predicted octanol–water partition coefficient (Wildman–Crippen LogP) is 2.80. The first-order valence-electron chi connectivity index (χ1n) is 8.31. The van der Waals surface area contributed by atoms with Gasteiger partial charge < -0.3 is 4.57 Å². The number of ketones is 1. The second kappa shape index (κ2) is 7.14. The summed E-state index contributed by atoms with van der Waals surface area (Å²) in [4.78, 5) is 16.5. The molecule has 0 N–H and O–H groups in total. The van der Waals surface area contributed by atoms with Crippen molar-refractivity contribution >= 4 is 5.78 Å². The first-order chi connectivity index (χ1) is 12.8. The molecule has 0 fully saturated rings. The van der Waals surface area contributed by atoms with Crippen molar-refractivity contribution in [3.63, 3.8) is 0 Å². The van der Waals surface area contributed by atoms with E-state index in [0.29, 0.717) is 24.2 Å². The van der Waals surface area contributed by atoms with Crippen LogP contribution in [0.4, 0.5) is 0 Å². The summed E-state index contributed by atoms with van der Waals surface area (Å²) in [6.07, 6.45) is 7.30. The number of aromatic nitrogens is 5.